The normalized spacial score (nSPS) is 22.0. The second-order valence-corrected chi connectivity index (χ2v) is 6.49. The molecule has 2 aromatic rings. The highest BCUT2D eigenvalue weighted by Gasteiger charge is 2.38. The number of nitrogens with one attached hydrogen (secondary N) is 1. The molecule has 2 heterocycles. The molecule has 1 aliphatic heterocycles. The van der Waals surface area contributed by atoms with Crippen LogP contribution in [0.25, 0.3) is 11.0 Å². The SMILES string of the molecule is Cc1nc2ccc(C(=O)N3CC[C@](O)(CN(C)C)C3)cc2[nH]1. The fourth-order valence-corrected chi connectivity index (χ4v) is 3.20. The van der Waals surface area contributed by atoms with Crippen LogP contribution >= 0.6 is 0 Å². The molecule has 1 aromatic heterocycles. The van der Waals surface area contributed by atoms with Crippen LogP contribution in [0.5, 0.6) is 0 Å². The smallest absolute Gasteiger partial charge is 0.254 e. The van der Waals surface area contributed by atoms with Gasteiger partial charge in [0.2, 0.25) is 0 Å². The van der Waals surface area contributed by atoms with Gasteiger partial charge in [-0.1, -0.05) is 0 Å². The molecule has 1 aliphatic rings. The number of carbonyl (C=O) groups excluding carboxylic acids is 1. The summed E-state index contributed by atoms with van der Waals surface area (Å²) in [6, 6.07) is 5.49. The first-order valence-electron chi connectivity index (χ1n) is 7.49. The first-order chi connectivity index (χ1) is 10.4. The topological polar surface area (TPSA) is 72.5 Å². The second kappa shape index (κ2) is 5.37. The van der Waals surface area contributed by atoms with Gasteiger partial charge in [-0.3, -0.25) is 4.79 Å². The van der Waals surface area contributed by atoms with Crippen molar-refractivity contribution < 1.29 is 9.90 Å². The molecule has 1 atom stereocenters. The lowest BCUT2D eigenvalue weighted by molar-refractivity contribution is 0.0236. The highest BCUT2D eigenvalue weighted by molar-refractivity contribution is 5.97. The number of rotatable bonds is 3. The average molecular weight is 302 g/mol. The molecular formula is C16H22N4O2. The predicted molar refractivity (Wildman–Crippen MR) is 84.9 cm³/mol. The maximum absolute atomic E-state index is 12.6. The average Bonchev–Trinajstić information content (AvgIpc) is 2.98. The fraction of sp³-hybridized carbons (Fsp3) is 0.500. The van der Waals surface area contributed by atoms with E-state index < -0.39 is 5.60 Å². The number of β-amino-alcohol motifs (C(OH)–C–C–N with tert-alkyl or cyclic N) is 1. The van der Waals surface area contributed by atoms with Crippen LogP contribution in [0.4, 0.5) is 0 Å². The van der Waals surface area contributed by atoms with Gasteiger partial charge in [-0.2, -0.15) is 0 Å². The van der Waals surface area contributed by atoms with Crippen LogP contribution in [0.15, 0.2) is 18.2 Å². The van der Waals surface area contributed by atoms with Gasteiger partial charge in [0.25, 0.3) is 5.91 Å². The van der Waals surface area contributed by atoms with Crippen molar-refractivity contribution in [3.05, 3.63) is 29.6 Å². The molecule has 6 heteroatoms. The number of carbonyl (C=O) groups is 1. The Morgan fingerprint density at radius 1 is 1.50 bits per heavy atom. The van der Waals surface area contributed by atoms with E-state index in [1.165, 1.54) is 0 Å². The summed E-state index contributed by atoms with van der Waals surface area (Å²) in [6.07, 6.45) is 0.613. The third-order valence-corrected chi connectivity index (χ3v) is 4.08. The minimum Gasteiger partial charge on any atom is -0.387 e. The van der Waals surface area contributed by atoms with E-state index in [0.29, 0.717) is 31.6 Å². The zero-order chi connectivity index (χ0) is 15.9. The van der Waals surface area contributed by atoms with Crippen LogP contribution < -0.4 is 0 Å². The molecule has 118 valence electrons. The summed E-state index contributed by atoms with van der Waals surface area (Å²) in [5.74, 6) is 0.796. The van der Waals surface area contributed by atoms with E-state index in [0.717, 1.165) is 16.9 Å². The van der Waals surface area contributed by atoms with Gasteiger partial charge in [0, 0.05) is 18.7 Å². The molecule has 0 spiro atoms. The second-order valence-electron chi connectivity index (χ2n) is 6.49. The third-order valence-electron chi connectivity index (χ3n) is 4.08. The highest BCUT2D eigenvalue weighted by Crippen LogP contribution is 2.24. The number of aryl methyl sites for hydroxylation is 1. The number of likely N-dealkylation sites (N-methyl/N-ethyl adjacent to an activating group) is 1. The molecule has 22 heavy (non-hydrogen) atoms. The van der Waals surface area contributed by atoms with Crippen LogP contribution in [0, 0.1) is 6.92 Å². The zero-order valence-corrected chi connectivity index (χ0v) is 13.3. The molecule has 0 unspecified atom stereocenters. The van der Waals surface area contributed by atoms with E-state index in [9.17, 15) is 9.90 Å². The van der Waals surface area contributed by atoms with Gasteiger partial charge in [0.1, 0.15) is 5.82 Å². The Morgan fingerprint density at radius 3 is 3.00 bits per heavy atom. The number of hydrogen-bond acceptors (Lipinski definition) is 4. The number of hydrogen-bond donors (Lipinski definition) is 2. The number of aliphatic hydroxyl groups is 1. The number of aromatic amines is 1. The van der Waals surface area contributed by atoms with Crippen molar-refractivity contribution in [2.75, 3.05) is 33.7 Å². The number of amides is 1. The number of imidazole rings is 1. The first-order valence-corrected chi connectivity index (χ1v) is 7.49. The number of aromatic nitrogens is 2. The molecule has 2 N–H and O–H groups in total. The standard InChI is InChI=1S/C16H22N4O2/c1-11-17-13-5-4-12(8-14(13)18-11)15(21)20-7-6-16(22,10-20)9-19(2)3/h4-5,8,22H,6-7,9-10H2,1-3H3,(H,17,18)/t16-/m0/s1. The Morgan fingerprint density at radius 2 is 2.27 bits per heavy atom. The zero-order valence-electron chi connectivity index (χ0n) is 13.3. The summed E-state index contributed by atoms with van der Waals surface area (Å²) in [7, 11) is 3.86. The number of fused-ring (bicyclic) bond motifs is 1. The lowest BCUT2D eigenvalue weighted by Crippen LogP contribution is -2.43. The van der Waals surface area contributed by atoms with Gasteiger partial charge in [-0.15, -0.1) is 0 Å². The molecule has 0 aliphatic carbocycles. The Hall–Kier alpha value is -1.92. The molecule has 3 rings (SSSR count). The lowest BCUT2D eigenvalue weighted by Gasteiger charge is -2.26. The summed E-state index contributed by atoms with van der Waals surface area (Å²) in [4.78, 5) is 23.8. The van der Waals surface area contributed by atoms with E-state index in [4.69, 9.17) is 0 Å². The number of nitrogens with zero attached hydrogens (tertiary/aromatic N) is 3. The Bertz CT molecular complexity index is 709. The van der Waals surface area contributed by atoms with Crippen molar-refractivity contribution in [3.8, 4) is 0 Å². The van der Waals surface area contributed by atoms with Gasteiger partial charge < -0.3 is 19.9 Å². The number of H-pyrrole nitrogens is 1. The largest absolute Gasteiger partial charge is 0.387 e. The summed E-state index contributed by atoms with van der Waals surface area (Å²) >= 11 is 0. The lowest BCUT2D eigenvalue weighted by atomic mass is 10.0. The predicted octanol–water partition coefficient (Wildman–Crippen LogP) is 1.01. The van der Waals surface area contributed by atoms with E-state index in [2.05, 4.69) is 9.97 Å². The molecule has 1 amide bonds. The van der Waals surface area contributed by atoms with E-state index in [-0.39, 0.29) is 5.91 Å². The van der Waals surface area contributed by atoms with Gasteiger partial charge in [0.05, 0.1) is 23.2 Å². The van der Waals surface area contributed by atoms with Gasteiger partial charge in [-0.25, -0.2) is 4.98 Å². The Balaban J connectivity index is 1.78. The third kappa shape index (κ3) is 2.84. The number of benzene rings is 1. The first kappa shape index (κ1) is 15.0. The van der Waals surface area contributed by atoms with E-state index in [1.807, 2.05) is 38.1 Å². The Kier molecular flexibility index (Phi) is 3.66. The van der Waals surface area contributed by atoms with E-state index in [1.54, 1.807) is 11.0 Å². The van der Waals surface area contributed by atoms with Gasteiger partial charge in [-0.05, 0) is 45.6 Å². The maximum Gasteiger partial charge on any atom is 0.254 e. The van der Waals surface area contributed by atoms with Crippen LogP contribution in [0.2, 0.25) is 0 Å². The number of likely N-dealkylation sites (tertiary alicyclic amines) is 1. The Labute approximate surface area is 129 Å². The van der Waals surface area contributed by atoms with Crippen LogP contribution in [-0.4, -0.2) is 70.1 Å². The van der Waals surface area contributed by atoms with Crippen molar-refractivity contribution in [1.82, 2.24) is 19.8 Å². The molecule has 0 bridgehead atoms. The monoisotopic (exact) mass is 302 g/mol. The molecular weight excluding hydrogens is 280 g/mol. The fourth-order valence-electron chi connectivity index (χ4n) is 3.20. The maximum atomic E-state index is 12.6. The highest BCUT2D eigenvalue weighted by atomic mass is 16.3. The minimum atomic E-state index is -0.812. The van der Waals surface area contributed by atoms with Crippen molar-refractivity contribution in [3.63, 3.8) is 0 Å². The molecule has 0 saturated carbocycles. The summed E-state index contributed by atoms with van der Waals surface area (Å²) in [5, 5.41) is 10.6. The molecule has 0 radical (unpaired) electrons. The minimum absolute atomic E-state index is 0.0381. The molecule has 6 nitrogen and oxygen atoms in total. The molecule has 1 aromatic carbocycles. The van der Waals surface area contributed by atoms with Crippen LogP contribution in [0.1, 0.15) is 22.6 Å². The van der Waals surface area contributed by atoms with Gasteiger partial charge >= 0.3 is 0 Å². The molecule has 1 fully saturated rings. The van der Waals surface area contributed by atoms with Crippen molar-refractivity contribution in [1.29, 1.82) is 0 Å². The summed E-state index contributed by atoms with van der Waals surface area (Å²) in [6.45, 7) is 3.42. The molecule has 1 saturated heterocycles. The van der Waals surface area contributed by atoms with E-state index >= 15 is 0 Å². The quantitative estimate of drug-likeness (QED) is 0.887. The van der Waals surface area contributed by atoms with Crippen molar-refractivity contribution in [2.45, 2.75) is 18.9 Å². The van der Waals surface area contributed by atoms with Crippen LogP contribution in [-0.2, 0) is 0 Å². The van der Waals surface area contributed by atoms with Crippen molar-refractivity contribution in [2.24, 2.45) is 0 Å². The summed E-state index contributed by atoms with van der Waals surface area (Å²) in [5.41, 5.74) is 1.55. The van der Waals surface area contributed by atoms with Crippen molar-refractivity contribution >= 4 is 16.9 Å². The summed E-state index contributed by atoms with van der Waals surface area (Å²) < 4.78 is 0. The van der Waals surface area contributed by atoms with Crippen LogP contribution in [0.3, 0.4) is 0 Å². The van der Waals surface area contributed by atoms with Gasteiger partial charge in [0.15, 0.2) is 0 Å².